The Morgan fingerprint density at radius 2 is 1.53 bits per heavy atom. The molecule has 0 aliphatic rings. The van der Waals surface area contributed by atoms with Gasteiger partial charge in [0.1, 0.15) is 5.71 Å². The van der Waals surface area contributed by atoms with Crippen molar-refractivity contribution < 1.29 is 31.1 Å². The maximum Gasteiger partial charge on any atom is 0.429 e. The van der Waals surface area contributed by atoms with Crippen molar-refractivity contribution in [1.29, 1.82) is 5.41 Å². The molecule has 0 aliphatic heterocycles. The van der Waals surface area contributed by atoms with Crippen LogP contribution < -0.4 is 5.32 Å². The van der Waals surface area contributed by atoms with Crippen LogP contribution >= 0.6 is 11.6 Å². The Morgan fingerprint density at radius 1 is 0.889 bits per heavy atom. The van der Waals surface area contributed by atoms with Gasteiger partial charge in [-0.3, -0.25) is 9.79 Å². The van der Waals surface area contributed by atoms with E-state index in [4.69, 9.17) is 17.0 Å². The van der Waals surface area contributed by atoms with Crippen LogP contribution in [0.5, 0.6) is 0 Å². The number of nitrogens with one attached hydrogen (secondary N) is 2. The van der Waals surface area contributed by atoms with Gasteiger partial charge in [-0.2, -0.15) is 26.3 Å². The molecule has 0 radical (unpaired) electrons. The van der Waals surface area contributed by atoms with Crippen molar-refractivity contribution in [3.05, 3.63) is 100 Å². The lowest BCUT2D eigenvalue weighted by Gasteiger charge is -2.12. The second-order valence-electron chi connectivity index (χ2n) is 7.62. The molecule has 11 heteroatoms. The highest BCUT2D eigenvalue weighted by Crippen LogP contribution is 2.30. The normalized spacial score (nSPS) is 12.4. The molecular weight excluding hydrogens is 508 g/mol. The Balaban J connectivity index is 1.79. The van der Waals surface area contributed by atoms with E-state index in [0.717, 1.165) is 12.1 Å². The van der Waals surface area contributed by atoms with Crippen molar-refractivity contribution in [3.63, 3.8) is 0 Å². The average molecular weight is 526 g/mol. The van der Waals surface area contributed by atoms with E-state index in [1.54, 1.807) is 12.1 Å². The Morgan fingerprint density at radius 3 is 2.14 bits per heavy atom. The smallest absolute Gasteiger partial charge is 0.348 e. The van der Waals surface area contributed by atoms with Crippen molar-refractivity contribution in [3.8, 4) is 0 Å². The third-order valence-corrected chi connectivity index (χ3v) is 5.30. The van der Waals surface area contributed by atoms with E-state index in [1.807, 2.05) is 0 Å². The van der Waals surface area contributed by atoms with Gasteiger partial charge in [-0.25, -0.2) is 0 Å². The number of amides is 1. The number of carbonyl (C=O) groups excluding carboxylic acids is 1. The third kappa shape index (κ3) is 7.17. The minimum atomic E-state index is -4.84. The molecule has 4 nitrogen and oxygen atoms in total. The lowest BCUT2D eigenvalue weighted by molar-refractivity contribution is -0.137. The molecule has 0 aromatic heterocycles. The molecule has 3 rings (SSSR count). The topological polar surface area (TPSA) is 65.3 Å². The predicted molar refractivity (Wildman–Crippen MR) is 125 cm³/mol. The summed E-state index contributed by atoms with van der Waals surface area (Å²) in [5.41, 5.74) is -1.60. The third-order valence-electron chi connectivity index (χ3n) is 4.98. The lowest BCUT2D eigenvalue weighted by Crippen LogP contribution is -2.25. The molecule has 36 heavy (non-hydrogen) atoms. The molecule has 0 unspecified atom stereocenters. The van der Waals surface area contributed by atoms with Gasteiger partial charge in [-0.05, 0) is 47.5 Å². The number of aliphatic imine (C=N–C) groups is 1. The molecule has 1 amide bonds. The van der Waals surface area contributed by atoms with Crippen LogP contribution in [0.25, 0.3) is 0 Å². The maximum absolute atomic E-state index is 13.0. The molecule has 0 aliphatic carbocycles. The Bertz CT molecular complexity index is 1280. The molecular formula is C25H18ClF6N3O. The molecule has 0 saturated carbocycles. The fourth-order valence-corrected chi connectivity index (χ4v) is 3.30. The van der Waals surface area contributed by atoms with Gasteiger partial charge < -0.3 is 10.7 Å². The van der Waals surface area contributed by atoms with Crippen LogP contribution in [-0.4, -0.2) is 23.5 Å². The van der Waals surface area contributed by atoms with Crippen LogP contribution in [0.1, 0.15) is 33.5 Å². The molecule has 3 aromatic carbocycles. The number of rotatable bonds is 7. The maximum atomic E-state index is 13.0. The zero-order chi connectivity index (χ0) is 26.5. The van der Waals surface area contributed by atoms with Gasteiger partial charge in [-0.1, -0.05) is 48.0 Å². The summed E-state index contributed by atoms with van der Waals surface area (Å²) in [4.78, 5) is 16.7. The number of benzene rings is 3. The number of nitrogens with zero attached hydrogens (tertiary/aromatic N) is 1. The minimum absolute atomic E-state index is 0.0821. The van der Waals surface area contributed by atoms with E-state index in [2.05, 4.69) is 10.3 Å². The van der Waals surface area contributed by atoms with Crippen LogP contribution in [0.2, 0.25) is 5.02 Å². The number of para-hydroxylation sites is 1. The number of hydrogen-bond acceptors (Lipinski definition) is 3. The summed E-state index contributed by atoms with van der Waals surface area (Å²) in [5.74, 6) is -0.591. The molecule has 2 N–H and O–H groups in total. The van der Waals surface area contributed by atoms with E-state index in [-0.39, 0.29) is 39.7 Å². The van der Waals surface area contributed by atoms with Crippen LogP contribution in [0, 0.1) is 5.41 Å². The SMILES string of the molecule is N=C(CC(=Nc1ccccc1Cl)c1ccc(C(=O)NCc2cccc(C(F)(F)F)c2)cc1)C(F)(F)F. The first-order valence-corrected chi connectivity index (χ1v) is 10.7. The molecule has 0 bridgehead atoms. The molecule has 0 spiro atoms. The number of hydrogen-bond donors (Lipinski definition) is 2. The monoisotopic (exact) mass is 525 g/mol. The van der Waals surface area contributed by atoms with E-state index in [9.17, 15) is 31.1 Å². The highest BCUT2D eigenvalue weighted by Gasteiger charge is 2.35. The summed E-state index contributed by atoms with van der Waals surface area (Å²) < 4.78 is 77.6. The van der Waals surface area contributed by atoms with Crippen molar-refractivity contribution >= 4 is 34.6 Å². The first-order valence-electron chi connectivity index (χ1n) is 10.4. The van der Waals surface area contributed by atoms with Crippen LogP contribution in [0.3, 0.4) is 0 Å². The zero-order valence-electron chi connectivity index (χ0n) is 18.3. The largest absolute Gasteiger partial charge is 0.429 e. The summed E-state index contributed by atoms with van der Waals surface area (Å²) in [7, 11) is 0. The van der Waals surface area contributed by atoms with E-state index < -0.39 is 36.0 Å². The van der Waals surface area contributed by atoms with E-state index >= 15 is 0 Å². The molecule has 0 fully saturated rings. The molecule has 0 saturated heterocycles. The summed E-state index contributed by atoms with van der Waals surface area (Å²) >= 11 is 6.07. The fraction of sp³-hybridized carbons (Fsp3) is 0.160. The molecule has 0 atom stereocenters. The number of alkyl halides is 6. The van der Waals surface area contributed by atoms with Crippen LogP contribution in [0.4, 0.5) is 32.0 Å². The Kier molecular flexibility index (Phi) is 8.19. The summed E-state index contributed by atoms with van der Waals surface area (Å²) in [6, 6.07) is 16.2. The molecule has 188 valence electrons. The minimum Gasteiger partial charge on any atom is -0.348 e. The van der Waals surface area contributed by atoms with Crippen molar-refractivity contribution in [2.24, 2.45) is 4.99 Å². The summed E-state index contributed by atoms with van der Waals surface area (Å²) in [6.07, 6.45) is -10.2. The quantitative estimate of drug-likeness (QED) is 0.245. The second-order valence-corrected chi connectivity index (χ2v) is 8.03. The Labute approximate surface area is 207 Å². The van der Waals surface area contributed by atoms with Gasteiger partial charge in [0.15, 0.2) is 0 Å². The van der Waals surface area contributed by atoms with Gasteiger partial charge in [0, 0.05) is 18.5 Å². The van der Waals surface area contributed by atoms with Gasteiger partial charge in [0.25, 0.3) is 5.91 Å². The fourth-order valence-electron chi connectivity index (χ4n) is 3.12. The van der Waals surface area contributed by atoms with Gasteiger partial charge in [0.2, 0.25) is 0 Å². The van der Waals surface area contributed by atoms with Gasteiger partial charge >= 0.3 is 12.4 Å². The molecule has 3 aromatic rings. The van der Waals surface area contributed by atoms with Gasteiger partial charge in [0.05, 0.1) is 22.0 Å². The van der Waals surface area contributed by atoms with Gasteiger partial charge in [-0.15, -0.1) is 0 Å². The predicted octanol–water partition coefficient (Wildman–Crippen LogP) is 7.38. The van der Waals surface area contributed by atoms with E-state index in [1.165, 1.54) is 48.5 Å². The molecule has 0 heterocycles. The highest BCUT2D eigenvalue weighted by molar-refractivity contribution is 6.33. The average Bonchev–Trinajstić information content (AvgIpc) is 2.82. The van der Waals surface area contributed by atoms with Crippen molar-refractivity contribution in [2.45, 2.75) is 25.3 Å². The summed E-state index contributed by atoms with van der Waals surface area (Å²) in [6.45, 7) is -0.160. The summed E-state index contributed by atoms with van der Waals surface area (Å²) in [5, 5.41) is 10.1. The number of carbonyl (C=O) groups is 1. The highest BCUT2D eigenvalue weighted by atomic mass is 35.5. The standard InChI is InChI=1S/C25H18ClF6N3O/c26-19-6-1-2-7-20(19)35-21(13-22(33)25(30,31)32)16-8-10-17(11-9-16)23(36)34-14-15-4-3-5-18(12-15)24(27,28)29/h1-12,33H,13-14H2,(H,34,36). The van der Waals surface area contributed by atoms with Crippen molar-refractivity contribution in [1.82, 2.24) is 5.32 Å². The van der Waals surface area contributed by atoms with Crippen LogP contribution in [-0.2, 0) is 12.7 Å². The van der Waals surface area contributed by atoms with E-state index in [0.29, 0.717) is 0 Å². The first kappa shape index (κ1) is 26.9. The second kappa shape index (κ2) is 10.9. The lowest BCUT2D eigenvalue weighted by atomic mass is 10.0. The van der Waals surface area contributed by atoms with Crippen LogP contribution in [0.15, 0.2) is 77.8 Å². The Hall–Kier alpha value is -3.66. The number of halogens is 7. The first-order chi connectivity index (χ1) is 16.8. The zero-order valence-corrected chi connectivity index (χ0v) is 19.1. The van der Waals surface area contributed by atoms with Crippen molar-refractivity contribution in [2.75, 3.05) is 0 Å².